The molecule has 136 valence electrons. The lowest BCUT2D eigenvalue weighted by atomic mass is 9.97. The average molecular weight is 377 g/mol. The predicted octanol–water partition coefficient (Wildman–Crippen LogP) is 2.69. The van der Waals surface area contributed by atoms with Crippen LogP contribution in [0.15, 0.2) is 48.5 Å². The van der Waals surface area contributed by atoms with Gasteiger partial charge in [-0.25, -0.2) is 4.39 Å². The van der Waals surface area contributed by atoms with Crippen molar-refractivity contribution in [3.63, 3.8) is 0 Å². The number of halogens is 2. The molecule has 5 nitrogen and oxygen atoms in total. The molecular formula is C19H18ClFN2O3. The Hall–Kier alpha value is -2.44. The molecule has 1 saturated heterocycles. The number of nitrogens with one attached hydrogen (secondary N) is 1. The molecule has 2 atom stereocenters. The quantitative estimate of drug-likeness (QED) is 0.892. The smallest absolute Gasteiger partial charge is 0.251 e. The summed E-state index contributed by atoms with van der Waals surface area (Å²) >= 11 is 5.92. The molecular weight excluding hydrogens is 359 g/mol. The topological polar surface area (TPSA) is 58.6 Å². The van der Waals surface area contributed by atoms with Gasteiger partial charge in [-0.15, -0.1) is 0 Å². The van der Waals surface area contributed by atoms with Gasteiger partial charge in [0.2, 0.25) is 5.91 Å². The van der Waals surface area contributed by atoms with Crippen molar-refractivity contribution in [2.75, 3.05) is 13.7 Å². The molecule has 1 aliphatic rings. The van der Waals surface area contributed by atoms with Gasteiger partial charge in [0.1, 0.15) is 12.4 Å². The van der Waals surface area contributed by atoms with Crippen LogP contribution in [-0.2, 0) is 20.9 Å². The molecule has 1 fully saturated rings. The molecule has 0 bridgehead atoms. The highest BCUT2D eigenvalue weighted by Gasteiger charge is 2.39. The SMILES string of the molecule is CN1C(=O)CO[C@@H](C(=O)NCc2cccc(F)c2)[C@@H]1c1ccc(Cl)cc1. The van der Waals surface area contributed by atoms with E-state index in [4.69, 9.17) is 16.3 Å². The van der Waals surface area contributed by atoms with E-state index in [1.54, 1.807) is 43.4 Å². The number of carbonyl (C=O) groups excluding carboxylic acids is 2. The molecule has 0 spiro atoms. The van der Waals surface area contributed by atoms with E-state index < -0.39 is 12.1 Å². The van der Waals surface area contributed by atoms with E-state index in [-0.39, 0.29) is 30.8 Å². The van der Waals surface area contributed by atoms with E-state index in [0.29, 0.717) is 10.6 Å². The summed E-state index contributed by atoms with van der Waals surface area (Å²) in [5, 5.41) is 3.31. The summed E-state index contributed by atoms with van der Waals surface area (Å²) in [6.07, 6.45) is -0.868. The third-order valence-electron chi connectivity index (χ3n) is 4.31. The number of hydrogen-bond acceptors (Lipinski definition) is 3. The summed E-state index contributed by atoms with van der Waals surface area (Å²) in [7, 11) is 1.64. The number of ether oxygens (including phenoxy) is 1. The number of hydrogen-bond donors (Lipinski definition) is 1. The second-order valence-electron chi connectivity index (χ2n) is 6.08. The van der Waals surface area contributed by atoms with Crippen molar-refractivity contribution in [2.24, 2.45) is 0 Å². The van der Waals surface area contributed by atoms with Crippen molar-refractivity contribution in [3.05, 3.63) is 70.5 Å². The van der Waals surface area contributed by atoms with E-state index in [1.807, 2.05) is 0 Å². The average Bonchev–Trinajstić information content (AvgIpc) is 2.63. The first-order chi connectivity index (χ1) is 12.5. The molecule has 2 aromatic rings. The maximum Gasteiger partial charge on any atom is 0.251 e. The number of rotatable bonds is 4. The first kappa shape index (κ1) is 18.4. The number of nitrogens with zero attached hydrogens (tertiary/aromatic N) is 1. The summed E-state index contributed by atoms with van der Waals surface area (Å²) < 4.78 is 18.8. The van der Waals surface area contributed by atoms with Crippen molar-refractivity contribution < 1.29 is 18.7 Å². The van der Waals surface area contributed by atoms with Gasteiger partial charge in [0.25, 0.3) is 5.91 Å². The Labute approximate surface area is 155 Å². The standard InChI is InChI=1S/C19H18ClFN2O3/c1-23-16(24)11-26-18(17(23)13-5-7-14(20)8-6-13)19(25)22-10-12-3-2-4-15(21)9-12/h2-9,17-18H,10-11H2,1H3,(H,22,25)/t17-,18+/m0/s1. The molecule has 0 saturated carbocycles. The second-order valence-corrected chi connectivity index (χ2v) is 6.52. The van der Waals surface area contributed by atoms with Gasteiger partial charge in [-0.05, 0) is 35.4 Å². The third-order valence-corrected chi connectivity index (χ3v) is 4.56. The van der Waals surface area contributed by atoms with Crippen LogP contribution in [0.1, 0.15) is 17.2 Å². The van der Waals surface area contributed by atoms with Gasteiger partial charge in [0.15, 0.2) is 6.10 Å². The highest BCUT2D eigenvalue weighted by Crippen LogP contribution is 2.30. The predicted molar refractivity (Wildman–Crippen MR) is 94.9 cm³/mol. The summed E-state index contributed by atoms with van der Waals surface area (Å²) in [5.41, 5.74) is 1.39. The van der Waals surface area contributed by atoms with Crippen LogP contribution in [0, 0.1) is 5.82 Å². The molecule has 0 aliphatic carbocycles. The Balaban J connectivity index is 1.77. The van der Waals surface area contributed by atoms with Gasteiger partial charge >= 0.3 is 0 Å². The minimum atomic E-state index is -0.868. The zero-order valence-electron chi connectivity index (χ0n) is 14.1. The Bertz CT molecular complexity index is 813. The van der Waals surface area contributed by atoms with Crippen molar-refractivity contribution in [3.8, 4) is 0 Å². The van der Waals surface area contributed by atoms with Crippen molar-refractivity contribution in [1.29, 1.82) is 0 Å². The van der Waals surface area contributed by atoms with Crippen molar-refractivity contribution in [1.82, 2.24) is 10.2 Å². The first-order valence-electron chi connectivity index (χ1n) is 8.10. The van der Waals surface area contributed by atoms with Crippen LogP contribution in [0.5, 0.6) is 0 Å². The highest BCUT2D eigenvalue weighted by molar-refractivity contribution is 6.30. The molecule has 2 amide bonds. The maximum absolute atomic E-state index is 13.3. The summed E-state index contributed by atoms with van der Waals surface area (Å²) in [4.78, 5) is 26.2. The van der Waals surface area contributed by atoms with Gasteiger partial charge in [-0.1, -0.05) is 35.9 Å². The van der Waals surface area contributed by atoms with E-state index >= 15 is 0 Å². The van der Waals surface area contributed by atoms with Gasteiger partial charge < -0.3 is 15.0 Å². The lowest BCUT2D eigenvalue weighted by Crippen LogP contribution is -2.52. The number of likely N-dealkylation sites (N-methyl/N-ethyl adjacent to an activating group) is 1. The molecule has 2 aromatic carbocycles. The van der Waals surface area contributed by atoms with Crippen LogP contribution in [0.2, 0.25) is 5.02 Å². The number of benzene rings is 2. The van der Waals surface area contributed by atoms with Crippen LogP contribution >= 0.6 is 11.6 Å². The van der Waals surface area contributed by atoms with Crippen molar-refractivity contribution in [2.45, 2.75) is 18.7 Å². The fraction of sp³-hybridized carbons (Fsp3) is 0.263. The number of carbonyl (C=O) groups is 2. The normalized spacial score (nSPS) is 20.1. The molecule has 0 aromatic heterocycles. The second kappa shape index (κ2) is 7.85. The fourth-order valence-corrected chi connectivity index (χ4v) is 3.05. The molecule has 0 radical (unpaired) electrons. The van der Waals surface area contributed by atoms with E-state index in [2.05, 4.69) is 5.32 Å². The fourth-order valence-electron chi connectivity index (χ4n) is 2.93. The Morgan fingerprint density at radius 1 is 1.31 bits per heavy atom. The summed E-state index contributed by atoms with van der Waals surface area (Å²) in [6.45, 7) is 0.0000927. The lowest BCUT2D eigenvalue weighted by Gasteiger charge is -2.38. The van der Waals surface area contributed by atoms with Crippen LogP contribution in [-0.4, -0.2) is 36.5 Å². The molecule has 1 heterocycles. The molecule has 1 N–H and O–H groups in total. The Morgan fingerprint density at radius 3 is 2.73 bits per heavy atom. The largest absolute Gasteiger partial charge is 0.356 e. The first-order valence-corrected chi connectivity index (χ1v) is 8.48. The monoisotopic (exact) mass is 376 g/mol. The van der Waals surface area contributed by atoms with Gasteiger partial charge in [-0.2, -0.15) is 0 Å². The molecule has 0 unspecified atom stereocenters. The molecule has 7 heteroatoms. The molecule has 3 rings (SSSR count). The number of amides is 2. The van der Waals surface area contributed by atoms with E-state index in [0.717, 1.165) is 5.56 Å². The molecule has 1 aliphatic heterocycles. The van der Waals surface area contributed by atoms with Crippen LogP contribution < -0.4 is 5.32 Å². The lowest BCUT2D eigenvalue weighted by molar-refractivity contribution is -0.162. The van der Waals surface area contributed by atoms with E-state index in [9.17, 15) is 14.0 Å². The Morgan fingerprint density at radius 2 is 2.04 bits per heavy atom. The van der Waals surface area contributed by atoms with Crippen LogP contribution in [0.25, 0.3) is 0 Å². The van der Waals surface area contributed by atoms with Gasteiger partial charge in [0.05, 0.1) is 6.04 Å². The summed E-state index contributed by atoms with van der Waals surface area (Å²) in [6, 6.07) is 12.4. The highest BCUT2D eigenvalue weighted by atomic mass is 35.5. The zero-order valence-corrected chi connectivity index (χ0v) is 14.9. The van der Waals surface area contributed by atoms with Gasteiger partial charge in [0, 0.05) is 18.6 Å². The minimum absolute atomic E-state index is 0.168. The van der Waals surface area contributed by atoms with E-state index in [1.165, 1.54) is 17.0 Å². The summed E-state index contributed by atoms with van der Waals surface area (Å²) in [5.74, 6) is -0.942. The van der Waals surface area contributed by atoms with Crippen molar-refractivity contribution >= 4 is 23.4 Å². The van der Waals surface area contributed by atoms with Crippen LogP contribution in [0.4, 0.5) is 4.39 Å². The minimum Gasteiger partial charge on any atom is -0.356 e. The number of morpholine rings is 1. The van der Waals surface area contributed by atoms with Gasteiger partial charge in [-0.3, -0.25) is 9.59 Å². The maximum atomic E-state index is 13.3. The zero-order chi connectivity index (χ0) is 18.7. The third kappa shape index (κ3) is 4.03. The molecule has 26 heavy (non-hydrogen) atoms. The Kier molecular flexibility index (Phi) is 5.54. The van der Waals surface area contributed by atoms with Crippen LogP contribution in [0.3, 0.4) is 0 Å².